The van der Waals surface area contributed by atoms with Crippen molar-refractivity contribution < 1.29 is 9.59 Å². The van der Waals surface area contributed by atoms with Crippen LogP contribution in [-0.4, -0.2) is 52.8 Å². The first-order chi connectivity index (χ1) is 9.89. The molecule has 0 aromatic carbocycles. The number of amides is 2. The molecule has 1 aliphatic heterocycles. The number of carbonyl (C=O) groups excluding carboxylic acids is 2. The van der Waals surface area contributed by atoms with Crippen molar-refractivity contribution in [2.24, 2.45) is 11.1 Å². The fourth-order valence-electron chi connectivity index (χ4n) is 3.07. The molecule has 0 aliphatic carbocycles. The number of nitrogens with zero attached hydrogens (tertiary/aromatic N) is 2. The summed E-state index contributed by atoms with van der Waals surface area (Å²) in [5.41, 5.74) is 5.24. The Hall–Kier alpha value is -1.17. The highest BCUT2D eigenvalue weighted by atomic mass is 32.1. The third-order valence-electron chi connectivity index (χ3n) is 4.25. The Morgan fingerprint density at radius 2 is 1.48 bits per heavy atom. The number of rotatable bonds is 6. The minimum absolute atomic E-state index is 0.0434. The molecule has 21 heavy (non-hydrogen) atoms. The van der Waals surface area contributed by atoms with Gasteiger partial charge in [-0.2, -0.15) is 0 Å². The highest BCUT2D eigenvalue weighted by Gasteiger charge is 2.43. The lowest BCUT2D eigenvalue weighted by Gasteiger charge is -2.40. The third-order valence-corrected chi connectivity index (χ3v) is 4.64. The number of piperazine rings is 1. The molecule has 1 heterocycles. The van der Waals surface area contributed by atoms with Gasteiger partial charge in [0, 0.05) is 33.1 Å². The van der Waals surface area contributed by atoms with E-state index in [0.717, 1.165) is 12.8 Å². The summed E-state index contributed by atoms with van der Waals surface area (Å²) in [6, 6.07) is 0. The summed E-state index contributed by atoms with van der Waals surface area (Å²) in [6.45, 7) is 7.96. The van der Waals surface area contributed by atoms with Gasteiger partial charge in [0.1, 0.15) is 0 Å². The number of nitrogens with two attached hydrogens (primary N) is 1. The number of hydrogen-bond donors (Lipinski definition) is 1. The zero-order valence-electron chi connectivity index (χ0n) is 13.4. The van der Waals surface area contributed by atoms with Crippen LogP contribution in [0.25, 0.3) is 0 Å². The van der Waals surface area contributed by atoms with E-state index in [4.69, 9.17) is 18.0 Å². The van der Waals surface area contributed by atoms with Crippen molar-refractivity contribution in [3.05, 3.63) is 0 Å². The van der Waals surface area contributed by atoms with Crippen LogP contribution >= 0.6 is 12.2 Å². The van der Waals surface area contributed by atoms with Crippen LogP contribution < -0.4 is 5.73 Å². The van der Waals surface area contributed by atoms with E-state index in [1.807, 2.05) is 18.7 Å². The molecule has 1 fully saturated rings. The number of thiocarbonyl (C=S) groups is 1. The van der Waals surface area contributed by atoms with Crippen LogP contribution in [-0.2, 0) is 9.59 Å². The molecular weight excluding hydrogens is 286 g/mol. The SMILES string of the molecule is CCCC(CCC)(C(=O)N1CCN(C(C)=O)CC1)C(N)=S. The first-order valence-electron chi connectivity index (χ1n) is 7.73. The Labute approximate surface area is 132 Å². The van der Waals surface area contributed by atoms with E-state index >= 15 is 0 Å². The molecule has 0 aromatic rings. The maximum absolute atomic E-state index is 13.0. The lowest BCUT2D eigenvalue weighted by Crippen LogP contribution is -2.56. The Bertz CT molecular complexity index is 398. The molecule has 6 heteroatoms. The van der Waals surface area contributed by atoms with Gasteiger partial charge in [0.05, 0.1) is 10.4 Å². The lowest BCUT2D eigenvalue weighted by molar-refractivity contribution is -0.144. The second kappa shape index (κ2) is 7.73. The molecule has 1 rings (SSSR count). The fourth-order valence-corrected chi connectivity index (χ4v) is 3.36. The van der Waals surface area contributed by atoms with Gasteiger partial charge in [-0.1, -0.05) is 38.9 Å². The molecule has 0 bridgehead atoms. The van der Waals surface area contributed by atoms with Crippen LogP contribution in [0.15, 0.2) is 0 Å². The Kier molecular flexibility index (Phi) is 6.58. The van der Waals surface area contributed by atoms with Crippen LogP contribution in [0.5, 0.6) is 0 Å². The molecule has 0 spiro atoms. The topological polar surface area (TPSA) is 66.6 Å². The molecule has 2 N–H and O–H groups in total. The van der Waals surface area contributed by atoms with Crippen LogP contribution in [0.3, 0.4) is 0 Å². The first-order valence-corrected chi connectivity index (χ1v) is 8.14. The predicted molar refractivity (Wildman–Crippen MR) is 87.9 cm³/mol. The number of carbonyl (C=O) groups is 2. The van der Waals surface area contributed by atoms with Crippen LogP contribution in [0, 0.1) is 5.41 Å². The standard InChI is InChI=1S/C15H27N3O2S/c1-4-6-15(7-5-2,13(16)21)14(20)18-10-8-17(9-11-18)12(3)19/h4-11H2,1-3H3,(H2,16,21). The van der Waals surface area contributed by atoms with Gasteiger partial charge in [-0.15, -0.1) is 0 Å². The molecule has 1 aliphatic rings. The molecule has 0 saturated carbocycles. The minimum atomic E-state index is -0.711. The van der Waals surface area contributed by atoms with Crippen molar-refractivity contribution in [3.63, 3.8) is 0 Å². The van der Waals surface area contributed by atoms with Crippen LogP contribution in [0.1, 0.15) is 46.5 Å². The van der Waals surface area contributed by atoms with Gasteiger partial charge in [-0.25, -0.2) is 0 Å². The summed E-state index contributed by atoms with van der Waals surface area (Å²) in [5, 5.41) is 0. The van der Waals surface area contributed by atoms with Gasteiger partial charge in [0.15, 0.2) is 0 Å². The van der Waals surface area contributed by atoms with Crippen LogP contribution in [0.2, 0.25) is 0 Å². The Balaban J connectivity index is 2.86. The average molecular weight is 313 g/mol. The fraction of sp³-hybridized carbons (Fsp3) is 0.800. The van der Waals surface area contributed by atoms with E-state index in [0.29, 0.717) is 44.0 Å². The van der Waals surface area contributed by atoms with Gasteiger partial charge < -0.3 is 15.5 Å². The second-order valence-corrected chi connectivity index (χ2v) is 6.18. The molecule has 0 aromatic heterocycles. The zero-order valence-corrected chi connectivity index (χ0v) is 14.2. The minimum Gasteiger partial charge on any atom is -0.392 e. The van der Waals surface area contributed by atoms with E-state index in [2.05, 4.69) is 0 Å². The highest BCUT2D eigenvalue weighted by molar-refractivity contribution is 7.80. The Morgan fingerprint density at radius 3 is 1.81 bits per heavy atom. The third kappa shape index (κ3) is 3.93. The van der Waals surface area contributed by atoms with Crippen molar-refractivity contribution in [2.75, 3.05) is 26.2 Å². The summed E-state index contributed by atoms with van der Waals surface area (Å²) in [5.74, 6) is 0.103. The molecule has 0 radical (unpaired) electrons. The maximum atomic E-state index is 13.0. The summed E-state index contributed by atoms with van der Waals surface area (Å²) >= 11 is 5.24. The largest absolute Gasteiger partial charge is 0.392 e. The molecule has 2 amide bonds. The maximum Gasteiger partial charge on any atom is 0.235 e. The second-order valence-electron chi connectivity index (χ2n) is 5.74. The average Bonchev–Trinajstić information content (AvgIpc) is 2.46. The highest BCUT2D eigenvalue weighted by Crippen LogP contribution is 2.33. The van der Waals surface area contributed by atoms with E-state index in [1.54, 1.807) is 11.8 Å². The summed E-state index contributed by atoms with van der Waals surface area (Å²) < 4.78 is 0. The molecule has 0 unspecified atom stereocenters. The van der Waals surface area contributed by atoms with Crippen molar-refractivity contribution in [3.8, 4) is 0 Å². The summed E-state index contributed by atoms with van der Waals surface area (Å²) in [7, 11) is 0. The van der Waals surface area contributed by atoms with Crippen molar-refractivity contribution in [1.29, 1.82) is 0 Å². The monoisotopic (exact) mass is 313 g/mol. The van der Waals surface area contributed by atoms with Crippen molar-refractivity contribution >= 4 is 29.0 Å². The predicted octanol–water partition coefficient (Wildman–Crippen LogP) is 1.55. The van der Waals surface area contributed by atoms with Gasteiger partial charge >= 0.3 is 0 Å². The van der Waals surface area contributed by atoms with E-state index in [1.165, 1.54) is 0 Å². The molecule has 120 valence electrons. The van der Waals surface area contributed by atoms with Crippen molar-refractivity contribution in [1.82, 2.24) is 9.80 Å². The number of hydrogen-bond acceptors (Lipinski definition) is 3. The molecule has 0 atom stereocenters. The molecule has 1 saturated heterocycles. The lowest BCUT2D eigenvalue weighted by atomic mass is 9.77. The summed E-state index contributed by atoms with van der Waals surface area (Å²) in [6.07, 6.45) is 3.14. The quantitative estimate of drug-likeness (QED) is 0.756. The normalized spacial score (nSPS) is 16.0. The Morgan fingerprint density at radius 1 is 1.05 bits per heavy atom. The zero-order chi connectivity index (χ0) is 16.0. The van der Waals surface area contributed by atoms with Gasteiger partial charge in [-0.05, 0) is 12.8 Å². The molecule has 5 nitrogen and oxygen atoms in total. The smallest absolute Gasteiger partial charge is 0.235 e. The van der Waals surface area contributed by atoms with Gasteiger partial charge in [0.25, 0.3) is 0 Å². The first kappa shape index (κ1) is 17.9. The van der Waals surface area contributed by atoms with Crippen molar-refractivity contribution in [2.45, 2.75) is 46.5 Å². The van der Waals surface area contributed by atoms with Gasteiger partial charge in [0.2, 0.25) is 11.8 Å². The van der Waals surface area contributed by atoms with E-state index in [-0.39, 0.29) is 11.8 Å². The van der Waals surface area contributed by atoms with E-state index < -0.39 is 5.41 Å². The summed E-state index contributed by atoms with van der Waals surface area (Å²) in [4.78, 5) is 28.2. The molecular formula is C15H27N3O2S. The van der Waals surface area contributed by atoms with Gasteiger partial charge in [-0.3, -0.25) is 9.59 Å². The van der Waals surface area contributed by atoms with Crippen LogP contribution in [0.4, 0.5) is 0 Å². The van der Waals surface area contributed by atoms with E-state index in [9.17, 15) is 9.59 Å².